The van der Waals surface area contributed by atoms with Crippen molar-refractivity contribution in [1.82, 2.24) is 0 Å². The second-order valence-corrected chi connectivity index (χ2v) is 6.04. The predicted octanol–water partition coefficient (Wildman–Crippen LogP) is 0.185. The standard InChI is InChI=1S/C14H14O8/c15-3-22-12-10-4-1-6(9(10)11(12)14(20)21)8(13(18)19)5(4)2-7(16)17/h3-6,8-10H,1-2H2,(H,16,17)(H,18,19)(H,20,21). The fourth-order valence-electron chi connectivity index (χ4n) is 4.82. The van der Waals surface area contributed by atoms with Gasteiger partial charge in [-0.3, -0.25) is 14.4 Å². The van der Waals surface area contributed by atoms with E-state index in [9.17, 15) is 29.4 Å². The maximum atomic E-state index is 11.5. The van der Waals surface area contributed by atoms with Gasteiger partial charge >= 0.3 is 17.9 Å². The van der Waals surface area contributed by atoms with Crippen LogP contribution in [0.5, 0.6) is 0 Å². The number of fused-ring (bicyclic) bond motifs is 5. The number of carboxylic acid groups (broad SMARTS) is 3. The first-order valence-electron chi connectivity index (χ1n) is 6.90. The molecule has 6 atom stereocenters. The van der Waals surface area contributed by atoms with Gasteiger partial charge in [-0.1, -0.05) is 0 Å². The number of carboxylic acids is 3. The van der Waals surface area contributed by atoms with Crippen molar-refractivity contribution in [3.05, 3.63) is 11.3 Å². The minimum atomic E-state index is -1.22. The van der Waals surface area contributed by atoms with Gasteiger partial charge in [-0.05, 0) is 24.2 Å². The topological polar surface area (TPSA) is 138 Å². The van der Waals surface area contributed by atoms with Crippen molar-refractivity contribution in [2.24, 2.45) is 35.5 Å². The first kappa shape index (κ1) is 14.6. The van der Waals surface area contributed by atoms with Crippen molar-refractivity contribution in [2.75, 3.05) is 0 Å². The third-order valence-corrected chi connectivity index (χ3v) is 5.33. The van der Waals surface area contributed by atoms with E-state index in [1.165, 1.54) is 0 Å². The highest BCUT2D eigenvalue weighted by molar-refractivity contribution is 5.91. The smallest absolute Gasteiger partial charge is 0.335 e. The summed E-state index contributed by atoms with van der Waals surface area (Å²) in [6, 6.07) is 0. The van der Waals surface area contributed by atoms with Crippen LogP contribution in [-0.2, 0) is 23.9 Å². The summed E-state index contributed by atoms with van der Waals surface area (Å²) in [6.07, 6.45) is 0.171. The van der Waals surface area contributed by atoms with Crippen LogP contribution in [0.3, 0.4) is 0 Å². The van der Waals surface area contributed by atoms with Crippen molar-refractivity contribution in [2.45, 2.75) is 12.8 Å². The molecule has 0 saturated heterocycles. The fourth-order valence-corrected chi connectivity index (χ4v) is 4.82. The lowest BCUT2D eigenvalue weighted by molar-refractivity contribution is -0.152. The highest BCUT2D eigenvalue weighted by atomic mass is 16.5. The molecule has 0 amide bonds. The first-order valence-corrected chi connectivity index (χ1v) is 6.90. The normalized spacial score (nSPS) is 38.2. The summed E-state index contributed by atoms with van der Waals surface area (Å²) >= 11 is 0. The SMILES string of the molecule is O=COC1=C(C(=O)O)C2C3CC(C(CC(=O)O)C3C(=O)O)C12. The Morgan fingerprint density at radius 3 is 2.32 bits per heavy atom. The average molecular weight is 310 g/mol. The van der Waals surface area contributed by atoms with Gasteiger partial charge in [0.2, 0.25) is 0 Å². The monoisotopic (exact) mass is 310 g/mol. The predicted molar refractivity (Wildman–Crippen MR) is 67.3 cm³/mol. The first-order chi connectivity index (χ1) is 10.4. The Morgan fingerprint density at radius 2 is 1.82 bits per heavy atom. The van der Waals surface area contributed by atoms with Gasteiger partial charge in [-0.15, -0.1) is 0 Å². The molecule has 0 aromatic heterocycles. The summed E-state index contributed by atoms with van der Waals surface area (Å²) in [7, 11) is 0. The van der Waals surface area contributed by atoms with Crippen LogP contribution in [0, 0.1) is 35.5 Å². The minimum absolute atomic E-state index is 0.0374. The highest BCUT2D eigenvalue weighted by Crippen LogP contribution is 2.68. The molecule has 3 N–H and O–H groups in total. The lowest BCUT2D eigenvalue weighted by Crippen LogP contribution is -2.48. The van der Waals surface area contributed by atoms with Gasteiger partial charge in [0, 0.05) is 18.3 Å². The van der Waals surface area contributed by atoms with Gasteiger partial charge in [0.05, 0.1) is 11.5 Å². The number of hydrogen-bond donors (Lipinski definition) is 3. The minimum Gasteiger partial charge on any atom is -0.481 e. The summed E-state index contributed by atoms with van der Waals surface area (Å²) in [5.74, 6) is -6.27. The van der Waals surface area contributed by atoms with Crippen LogP contribution in [0.1, 0.15) is 12.8 Å². The maximum absolute atomic E-state index is 11.5. The molecule has 2 bridgehead atoms. The molecular formula is C14H14O8. The number of rotatable bonds is 6. The summed E-state index contributed by atoms with van der Waals surface area (Å²) in [5, 5.41) is 27.6. The van der Waals surface area contributed by atoms with E-state index in [1.54, 1.807) is 0 Å². The van der Waals surface area contributed by atoms with E-state index in [4.69, 9.17) is 9.84 Å². The number of carbonyl (C=O) groups excluding carboxylic acids is 1. The van der Waals surface area contributed by atoms with Crippen LogP contribution < -0.4 is 0 Å². The third kappa shape index (κ3) is 1.76. The second kappa shape index (κ2) is 4.82. The van der Waals surface area contributed by atoms with Gasteiger partial charge in [0.15, 0.2) is 0 Å². The van der Waals surface area contributed by atoms with E-state index >= 15 is 0 Å². The van der Waals surface area contributed by atoms with E-state index in [1.807, 2.05) is 0 Å². The van der Waals surface area contributed by atoms with Gasteiger partial charge in [0.1, 0.15) is 5.76 Å². The van der Waals surface area contributed by atoms with E-state index in [0.717, 1.165) is 0 Å². The molecule has 8 nitrogen and oxygen atoms in total. The van der Waals surface area contributed by atoms with Crippen LogP contribution in [0.25, 0.3) is 0 Å². The van der Waals surface area contributed by atoms with E-state index in [2.05, 4.69) is 0 Å². The molecule has 3 rings (SSSR count). The molecule has 0 aliphatic heterocycles. The average Bonchev–Trinajstić information content (AvgIpc) is 2.86. The molecule has 2 fully saturated rings. The Morgan fingerprint density at radius 1 is 1.14 bits per heavy atom. The number of carbonyl (C=O) groups is 4. The number of hydrogen-bond acceptors (Lipinski definition) is 5. The Labute approximate surface area is 124 Å². The summed E-state index contributed by atoms with van der Waals surface area (Å²) in [4.78, 5) is 44.4. The third-order valence-electron chi connectivity index (χ3n) is 5.33. The molecular weight excluding hydrogens is 296 g/mol. The van der Waals surface area contributed by atoms with Crippen LogP contribution in [-0.4, -0.2) is 39.7 Å². The zero-order valence-electron chi connectivity index (χ0n) is 11.3. The largest absolute Gasteiger partial charge is 0.481 e. The van der Waals surface area contributed by atoms with E-state index in [-0.39, 0.29) is 36.1 Å². The molecule has 0 aromatic carbocycles. The van der Waals surface area contributed by atoms with Gasteiger partial charge in [-0.2, -0.15) is 0 Å². The van der Waals surface area contributed by atoms with Gasteiger partial charge in [-0.25, -0.2) is 4.79 Å². The molecule has 6 unspecified atom stereocenters. The number of ether oxygens (including phenoxy) is 1. The van der Waals surface area contributed by atoms with Crippen LogP contribution in [0.2, 0.25) is 0 Å². The van der Waals surface area contributed by atoms with Crippen molar-refractivity contribution in [3.8, 4) is 0 Å². The van der Waals surface area contributed by atoms with Crippen LogP contribution in [0.15, 0.2) is 11.3 Å². The highest BCUT2D eigenvalue weighted by Gasteiger charge is 2.68. The molecule has 8 heteroatoms. The Balaban J connectivity index is 1.98. The molecule has 22 heavy (non-hydrogen) atoms. The van der Waals surface area contributed by atoms with Crippen molar-refractivity contribution >= 4 is 24.4 Å². The van der Waals surface area contributed by atoms with Crippen molar-refractivity contribution < 1.29 is 39.2 Å². The van der Waals surface area contributed by atoms with Crippen molar-refractivity contribution in [1.29, 1.82) is 0 Å². The van der Waals surface area contributed by atoms with Crippen LogP contribution >= 0.6 is 0 Å². The fraction of sp³-hybridized carbons (Fsp3) is 0.571. The van der Waals surface area contributed by atoms with Gasteiger partial charge < -0.3 is 20.1 Å². The molecule has 3 aliphatic rings. The summed E-state index contributed by atoms with van der Waals surface area (Å²) in [6.45, 7) is 0.154. The molecule has 0 heterocycles. The number of allylic oxidation sites excluding steroid dienone is 1. The Hall–Kier alpha value is -2.38. The number of aliphatic carboxylic acids is 3. The lowest BCUT2D eigenvalue weighted by Gasteiger charge is -2.45. The molecule has 2 saturated carbocycles. The Bertz CT molecular complexity index is 606. The quantitative estimate of drug-likeness (QED) is 0.591. The molecule has 0 spiro atoms. The molecule has 0 aromatic rings. The molecule has 0 radical (unpaired) electrons. The summed E-state index contributed by atoms with van der Waals surface area (Å²) < 4.78 is 4.79. The zero-order chi connectivity index (χ0) is 16.2. The van der Waals surface area contributed by atoms with Crippen LogP contribution in [0.4, 0.5) is 0 Å². The van der Waals surface area contributed by atoms with Gasteiger partial charge in [0.25, 0.3) is 6.47 Å². The maximum Gasteiger partial charge on any atom is 0.335 e. The lowest BCUT2D eigenvalue weighted by atomic mass is 9.58. The summed E-state index contributed by atoms with van der Waals surface area (Å²) in [5.41, 5.74) is -0.0374. The molecule has 118 valence electrons. The molecule has 3 aliphatic carbocycles. The Kier molecular flexibility index (Phi) is 3.19. The second-order valence-electron chi connectivity index (χ2n) is 6.04. The van der Waals surface area contributed by atoms with E-state index in [0.29, 0.717) is 6.42 Å². The van der Waals surface area contributed by atoms with Crippen molar-refractivity contribution in [3.63, 3.8) is 0 Å². The van der Waals surface area contributed by atoms with E-state index < -0.39 is 41.6 Å². The zero-order valence-corrected chi connectivity index (χ0v) is 11.3.